The van der Waals surface area contributed by atoms with Gasteiger partial charge in [0.05, 0.1) is 19.1 Å². The summed E-state index contributed by atoms with van der Waals surface area (Å²) < 4.78 is 40.0. The third-order valence-corrected chi connectivity index (χ3v) is 2.83. The van der Waals surface area contributed by atoms with Gasteiger partial charge in [0.25, 0.3) is 0 Å². The van der Waals surface area contributed by atoms with Crippen LogP contribution in [-0.4, -0.2) is 43.2 Å². The summed E-state index contributed by atoms with van der Waals surface area (Å²) in [6.07, 6.45) is -4.74. The van der Waals surface area contributed by atoms with Crippen LogP contribution in [0.15, 0.2) is 24.3 Å². The SMILES string of the molecule is C[C@@H](NC(=O)CN(C)CC(N)=O)c1ccc(OC(F)(F)F)cc1. The lowest BCUT2D eigenvalue weighted by molar-refractivity contribution is -0.274. The van der Waals surface area contributed by atoms with E-state index in [4.69, 9.17) is 5.73 Å². The summed E-state index contributed by atoms with van der Waals surface area (Å²) >= 11 is 0. The highest BCUT2D eigenvalue weighted by Crippen LogP contribution is 2.24. The monoisotopic (exact) mass is 333 g/mol. The van der Waals surface area contributed by atoms with Gasteiger partial charge >= 0.3 is 6.36 Å². The van der Waals surface area contributed by atoms with Crippen LogP contribution in [0.1, 0.15) is 18.5 Å². The molecule has 3 N–H and O–H groups in total. The summed E-state index contributed by atoms with van der Waals surface area (Å²) in [5.74, 6) is -1.22. The molecular formula is C14H18F3N3O3. The fourth-order valence-corrected chi connectivity index (χ4v) is 1.90. The smallest absolute Gasteiger partial charge is 0.406 e. The average molecular weight is 333 g/mol. The minimum atomic E-state index is -4.74. The summed E-state index contributed by atoms with van der Waals surface area (Å²) in [4.78, 5) is 24.0. The van der Waals surface area contributed by atoms with Crippen LogP contribution in [0.4, 0.5) is 13.2 Å². The molecule has 0 unspecified atom stereocenters. The van der Waals surface area contributed by atoms with Crippen molar-refractivity contribution in [3.8, 4) is 5.75 Å². The van der Waals surface area contributed by atoms with Gasteiger partial charge in [-0.05, 0) is 31.7 Å². The first-order valence-electron chi connectivity index (χ1n) is 6.68. The molecule has 9 heteroatoms. The molecule has 0 saturated heterocycles. The second kappa shape index (κ2) is 7.82. The van der Waals surface area contributed by atoms with Gasteiger partial charge in [-0.3, -0.25) is 14.5 Å². The Morgan fingerprint density at radius 1 is 1.26 bits per heavy atom. The van der Waals surface area contributed by atoms with E-state index in [2.05, 4.69) is 10.1 Å². The van der Waals surface area contributed by atoms with Crippen LogP contribution in [0.5, 0.6) is 5.75 Å². The van der Waals surface area contributed by atoms with Crippen molar-refractivity contribution >= 4 is 11.8 Å². The Bertz CT molecular complexity index is 546. The quantitative estimate of drug-likeness (QED) is 0.785. The van der Waals surface area contributed by atoms with Crippen LogP contribution < -0.4 is 15.8 Å². The third-order valence-electron chi connectivity index (χ3n) is 2.83. The fourth-order valence-electron chi connectivity index (χ4n) is 1.90. The maximum Gasteiger partial charge on any atom is 0.573 e. The van der Waals surface area contributed by atoms with Crippen molar-refractivity contribution in [3.63, 3.8) is 0 Å². The van der Waals surface area contributed by atoms with Crippen LogP contribution in [0.2, 0.25) is 0 Å². The number of benzene rings is 1. The topological polar surface area (TPSA) is 84.7 Å². The van der Waals surface area contributed by atoms with Gasteiger partial charge in [0, 0.05) is 0 Å². The molecule has 128 valence electrons. The van der Waals surface area contributed by atoms with Crippen molar-refractivity contribution in [2.75, 3.05) is 20.1 Å². The molecule has 0 heterocycles. The number of likely N-dealkylation sites (N-methyl/N-ethyl adjacent to an activating group) is 1. The number of nitrogens with two attached hydrogens (primary N) is 1. The standard InChI is InChI=1S/C14H18F3N3O3/c1-9(19-13(22)8-20(2)7-12(18)21)10-3-5-11(6-4-10)23-14(15,16)17/h3-6,9H,7-8H2,1-2H3,(H2,18,21)(H,19,22)/t9-/m1/s1. The normalized spacial score (nSPS) is 12.8. The van der Waals surface area contributed by atoms with E-state index in [0.29, 0.717) is 5.56 Å². The zero-order chi connectivity index (χ0) is 17.6. The van der Waals surface area contributed by atoms with E-state index in [1.807, 2.05) is 0 Å². The molecule has 0 spiro atoms. The Labute approximate surface area is 131 Å². The highest BCUT2D eigenvalue weighted by Gasteiger charge is 2.31. The van der Waals surface area contributed by atoms with Gasteiger partial charge in [0.1, 0.15) is 5.75 Å². The number of nitrogens with zero attached hydrogens (tertiary/aromatic N) is 1. The zero-order valence-corrected chi connectivity index (χ0v) is 12.7. The van der Waals surface area contributed by atoms with Gasteiger partial charge in [-0.2, -0.15) is 0 Å². The first kappa shape index (κ1) is 18.8. The van der Waals surface area contributed by atoms with Crippen LogP contribution >= 0.6 is 0 Å². The second-order valence-corrected chi connectivity index (χ2v) is 5.04. The number of amides is 2. The average Bonchev–Trinajstić information content (AvgIpc) is 2.35. The van der Waals surface area contributed by atoms with Gasteiger partial charge in [-0.25, -0.2) is 0 Å². The maximum absolute atomic E-state index is 12.1. The lowest BCUT2D eigenvalue weighted by atomic mass is 10.1. The summed E-state index contributed by atoms with van der Waals surface area (Å²) in [5, 5.41) is 2.67. The first-order chi connectivity index (χ1) is 10.6. The molecule has 1 rings (SSSR count). The predicted octanol–water partition coefficient (Wildman–Crippen LogP) is 1.18. The van der Waals surface area contributed by atoms with E-state index in [1.54, 1.807) is 14.0 Å². The number of ether oxygens (including phenoxy) is 1. The Hall–Kier alpha value is -2.29. The lowest BCUT2D eigenvalue weighted by Crippen LogP contribution is -2.39. The summed E-state index contributed by atoms with van der Waals surface area (Å²) in [7, 11) is 1.57. The molecule has 0 saturated carbocycles. The Morgan fingerprint density at radius 3 is 2.30 bits per heavy atom. The second-order valence-electron chi connectivity index (χ2n) is 5.04. The molecule has 1 aromatic rings. The van der Waals surface area contributed by atoms with Gasteiger partial charge < -0.3 is 15.8 Å². The molecule has 6 nitrogen and oxygen atoms in total. The Balaban J connectivity index is 2.55. The number of rotatable bonds is 7. The van der Waals surface area contributed by atoms with E-state index in [-0.39, 0.29) is 24.7 Å². The van der Waals surface area contributed by atoms with Crippen molar-refractivity contribution in [3.05, 3.63) is 29.8 Å². The molecule has 1 aromatic carbocycles. The molecule has 23 heavy (non-hydrogen) atoms. The van der Waals surface area contributed by atoms with Crippen molar-refractivity contribution in [1.82, 2.24) is 10.2 Å². The number of primary amides is 1. The molecule has 0 fully saturated rings. The maximum atomic E-state index is 12.1. The molecule has 1 atom stereocenters. The molecule has 0 aliphatic rings. The molecular weight excluding hydrogens is 315 g/mol. The summed E-state index contributed by atoms with van der Waals surface area (Å²) in [6.45, 7) is 1.61. The van der Waals surface area contributed by atoms with Crippen molar-refractivity contribution in [2.45, 2.75) is 19.3 Å². The number of hydrogen-bond acceptors (Lipinski definition) is 4. The van der Waals surface area contributed by atoms with Crippen molar-refractivity contribution in [2.24, 2.45) is 5.73 Å². The highest BCUT2D eigenvalue weighted by molar-refractivity contribution is 5.80. The number of hydrogen-bond donors (Lipinski definition) is 2. The molecule has 0 aromatic heterocycles. The molecule has 0 aliphatic carbocycles. The molecule has 0 radical (unpaired) electrons. The minimum Gasteiger partial charge on any atom is -0.406 e. The zero-order valence-electron chi connectivity index (χ0n) is 12.7. The Kier molecular flexibility index (Phi) is 6.38. The van der Waals surface area contributed by atoms with Crippen molar-refractivity contribution < 1.29 is 27.5 Å². The van der Waals surface area contributed by atoms with E-state index in [0.717, 1.165) is 0 Å². The fraction of sp³-hybridized carbons (Fsp3) is 0.429. The largest absolute Gasteiger partial charge is 0.573 e. The molecule has 2 amide bonds. The Morgan fingerprint density at radius 2 is 1.83 bits per heavy atom. The first-order valence-corrected chi connectivity index (χ1v) is 6.68. The molecule has 0 bridgehead atoms. The number of halogens is 3. The van der Waals surface area contributed by atoms with E-state index < -0.39 is 18.3 Å². The van der Waals surface area contributed by atoms with E-state index in [1.165, 1.54) is 29.2 Å². The van der Waals surface area contributed by atoms with E-state index >= 15 is 0 Å². The van der Waals surface area contributed by atoms with Gasteiger partial charge in [0.2, 0.25) is 11.8 Å². The van der Waals surface area contributed by atoms with Crippen LogP contribution in [0.25, 0.3) is 0 Å². The van der Waals surface area contributed by atoms with Gasteiger partial charge in [-0.15, -0.1) is 13.2 Å². The van der Waals surface area contributed by atoms with Crippen LogP contribution in [0.3, 0.4) is 0 Å². The van der Waals surface area contributed by atoms with Crippen LogP contribution in [-0.2, 0) is 9.59 Å². The minimum absolute atomic E-state index is 0.0252. The van der Waals surface area contributed by atoms with Crippen molar-refractivity contribution in [1.29, 1.82) is 0 Å². The third kappa shape index (κ3) is 7.50. The van der Waals surface area contributed by atoms with Crippen LogP contribution in [0, 0.1) is 0 Å². The van der Waals surface area contributed by atoms with Gasteiger partial charge in [-0.1, -0.05) is 12.1 Å². The van der Waals surface area contributed by atoms with Gasteiger partial charge in [0.15, 0.2) is 0 Å². The number of carbonyl (C=O) groups excluding carboxylic acids is 2. The summed E-state index contributed by atoms with van der Waals surface area (Å²) in [6, 6.07) is 4.79. The highest BCUT2D eigenvalue weighted by atomic mass is 19.4. The number of carbonyl (C=O) groups is 2. The number of alkyl halides is 3. The predicted molar refractivity (Wildman–Crippen MR) is 76.4 cm³/mol. The number of nitrogens with one attached hydrogen (secondary N) is 1. The summed E-state index contributed by atoms with van der Waals surface area (Å²) in [5.41, 5.74) is 5.63. The lowest BCUT2D eigenvalue weighted by Gasteiger charge is -2.18. The van der Waals surface area contributed by atoms with E-state index in [9.17, 15) is 22.8 Å². The molecule has 0 aliphatic heterocycles.